The highest BCUT2D eigenvalue weighted by Gasteiger charge is 2.16. The van der Waals surface area contributed by atoms with Gasteiger partial charge < -0.3 is 19.5 Å². The van der Waals surface area contributed by atoms with Gasteiger partial charge in [-0.15, -0.1) is 0 Å². The topological polar surface area (TPSA) is 74.6 Å². The Balaban J connectivity index is 1.60. The number of carbonyl (C=O) groups excluding carboxylic acids is 1. The van der Waals surface area contributed by atoms with Gasteiger partial charge in [0.15, 0.2) is 11.5 Å². The van der Waals surface area contributed by atoms with Crippen molar-refractivity contribution in [2.75, 3.05) is 21.3 Å². The fourth-order valence-corrected chi connectivity index (χ4v) is 3.56. The Labute approximate surface area is 186 Å². The number of aromatic nitrogens is 2. The van der Waals surface area contributed by atoms with Crippen LogP contribution >= 0.6 is 0 Å². The summed E-state index contributed by atoms with van der Waals surface area (Å²) in [7, 11) is 4.72. The Morgan fingerprint density at radius 3 is 2.25 bits per heavy atom. The quantitative estimate of drug-likeness (QED) is 0.473. The van der Waals surface area contributed by atoms with Crippen LogP contribution in [0.3, 0.4) is 0 Å². The first-order chi connectivity index (χ1) is 15.5. The lowest BCUT2D eigenvalue weighted by atomic mass is 10.1. The van der Waals surface area contributed by atoms with Crippen LogP contribution in [0.1, 0.15) is 21.5 Å². The van der Waals surface area contributed by atoms with Gasteiger partial charge in [0.05, 0.1) is 38.1 Å². The molecular formula is C25H25N3O4. The van der Waals surface area contributed by atoms with Crippen molar-refractivity contribution in [2.24, 2.45) is 0 Å². The molecule has 0 unspecified atom stereocenters. The SMILES string of the molecule is COc1cc(-n2cnc3cc(C(=O)NCc4ccc(C)cc4)ccc32)cc(OC)c1OC. The molecule has 0 aliphatic rings. The van der Waals surface area contributed by atoms with Crippen LogP contribution < -0.4 is 19.5 Å². The lowest BCUT2D eigenvalue weighted by molar-refractivity contribution is 0.0951. The van der Waals surface area contributed by atoms with E-state index in [1.807, 2.05) is 54.0 Å². The molecule has 1 heterocycles. The number of ether oxygens (including phenoxy) is 3. The van der Waals surface area contributed by atoms with Crippen LogP contribution in [0.2, 0.25) is 0 Å². The normalized spacial score (nSPS) is 10.8. The van der Waals surface area contributed by atoms with Gasteiger partial charge in [-0.2, -0.15) is 0 Å². The molecule has 3 aromatic carbocycles. The maximum atomic E-state index is 12.7. The predicted octanol–water partition coefficient (Wildman–Crippen LogP) is 4.29. The van der Waals surface area contributed by atoms with Crippen LogP contribution in [0, 0.1) is 6.92 Å². The first kappa shape index (κ1) is 21.2. The van der Waals surface area contributed by atoms with E-state index in [0.717, 1.165) is 16.8 Å². The number of imidazole rings is 1. The Morgan fingerprint density at radius 1 is 0.938 bits per heavy atom. The molecule has 7 heteroatoms. The van der Waals surface area contributed by atoms with Gasteiger partial charge in [-0.25, -0.2) is 4.98 Å². The Bertz CT molecular complexity index is 1240. The van der Waals surface area contributed by atoms with Crippen LogP contribution in [0.15, 0.2) is 60.9 Å². The summed E-state index contributed by atoms with van der Waals surface area (Å²) in [5.74, 6) is 1.48. The molecular weight excluding hydrogens is 406 g/mol. The first-order valence-corrected chi connectivity index (χ1v) is 10.1. The van der Waals surface area contributed by atoms with E-state index in [1.54, 1.807) is 39.8 Å². The second kappa shape index (κ2) is 9.01. The lowest BCUT2D eigenvalue weighted by Crippen LogP contribution is -2.22. The highest BCUT2D eigenvalue weighted by Crippen LogP contribution is 2.39. The standard InChI is InChI=1S/C25H25N3O4/c1-16-5-7-17(8-6-16)14-26-25(29)18-9-10-21-20(11-18)27-15-28(21)19-12-22(30-2)24(32-4)23(13-19)31-3/h5-13,15H,14H2,1-4H3,(H,26,29). The fourth-order valence-electron chi connectivity index (χ4n) is 3.56. The van der Waals surface area contributed by atoms with Crippen molar-refractivity contribution in [3.63, 3.8) is 0 Å². The molecule has 32 heavy (non-hydrogen) atoms. The van der Waals surface area contributed by atoms with Gasteiger partial charge in [0.25, 0.3) is 5.91 Å². The van der Waals surface area contributed by atoms with Crippen molar-refractivity contribution in [1.29, 1.82) is 0 Å². The van der Waals surface area contributed by atoms with Gasteiger partial charge >= 0.3 is 0 Å². The minimum Gasteiger partial charge on any atom is -0.493 e. The number of hydrogen-bond donors (Lipinski definition) is 1. The number of fused-ring (bicyclic) bond motifs is 1. The number of amides is 1. The van der Waals surface area contributed by atoms with Crippen molar-refractivity contribution >= 4 is 16.9 Å². The Kier molecular flexibility index (Phi) is 5.98. The summed E-state index contributed by atoms with van der Waals surface area (Å²) in [6, 6.07) is 17.3. The molecule has 0 bridgehead atoms. The van der Waals surface area contributed by atoms with Gasteiger partial charge in [0, 0.05) is 24.2 Å². The summed E-state index contributed by atoms with van der Waals surface area (Å²) in [6.07, 6.45) is 1.71. The summed E-state index contributed by atoms with van der Waals surface area (Å²) in [4.78, 5) is 17.1. The average Bonchev–Trinajstić information content (AvgIpc) is 3.25. The van der Waals surface area contributed by atoms with E-state index in [2.05, 4.69) is 10.3 Å². The third-order valence-corrected chi connectivity index (χ3v) is 5.31. The third-order valence-electron chi connectivity index (χ3n) is 5.31. The number of carbonyl (C=O) groups is 1. The predicted molar refractivity (Wildman–Crippen MR) is 123 cm³/mol. The van der Waals surface area contributed by atoms with Crippen molar-refractivity contribution in [3.8, 4) is 22.9 Å². The molecule has 1 amide bonds. The van der Waals surface area contributed by atoms with Gasteiger partial charge in [0.1, 0.15) is 6.33 Å². The van der Waals surface area contributed by atoms with Crippen molar-refractivity contribution in [3.05, 3.63) is 77.6 Å². The lowest BCUT2D eigenvalue weighted by Gasteiger charge is -2.15. The zero-order chi connectivity index (χ0) is 22.7. The van der Waals surface area contributed by atoms with Crippen LogP contribution in [0.5, 0.6) is 17.2 Å². The molecule has 1 N–H and O–H groups in total. The Hall–Kier alpha value is -4.00. The molecule has 0 fully saturated rings. The fraction of sp³-hybridized carbons (Fsp3) is 0.200. The van der Waals surface area contributed by atoms with Gasteiger partial charge in [0.2, 0.25) is 5.75 Å². The van der Waals surface area contributed by atoms with Gasteiger partial charge in [-0.3, -0.25) is 9.36 Å². The number of rotatable bonds is 7. The molecule has 164 valence electrons. The molecule has 0 atom stereocenters. The van der Waals surface area contributed by atoms with Gasteiger partial charge in [-0.1, -0.05) is 29.8 Å². The van der Waals surface area contributed by atoms with Crippen molar-refractivity contribution in [1.82, 2.24) is 14.9 Å². The Morgan fingerprint density at radius 2 is 1.62 bits per heavy atom. The minimum absolute atomic E-state index is 0.144. The zero-order valence-corrected chi connectivity index (χ0v) is 18.5. The molecule has 4 rings (SSSR count). The molecule has 7 nitrogen and oxygen atoms in total. The number of hydrogen-bond acceptors (Lipinski definition) is 5. The highest BCUT2D eigenvalue weighted by atomic mass is 16.5. The van der Waals surface area contributed by atoms with Crippen molar-refractivity contribution in [2.45, 2.75) is 13.5 Å². The molecule has 0 aliphatic carbocycles. The molecule has 0 aliphatic heterocycles. The van der Waals surface area contributed by atoms with E-state index in [0.29, 0.717) is 34.9 Å². The smallest absolute Gasteiger partial charge is 0.251 e. The second-order valence-corrected chi connectivity index (χ2v) is 7.37. The summed E-state index contributed by atoms with van der Waals surface area (Å²) in [5, 5.41) is 2.96. The minimum atomic E-state index is -0.144. The van der Waals surface area contributed by atoms with Crippen LogP contribution in [-0.2, 0) is 6.54 Å². The third kappa shape index (κ3) is 4.09. The van der Waals surface area contributed by atoms with E-state index in [1.165, 1.54) is 5.56 Å². The second-order valence-electron chi connectivity index (χ2n) is 7.37. The molecule has 0 saturated carbocycles. The molecule has 4 aromatic rings. The maximum Gasteiger partial charge on any atom is 0.251 e. The van der Waals surface area contributed by atoms with E-state index >= 15 is 0 Å². The summed E-state index contributed by atoms with van der Waals surface area (Å²) in [6.45, 7) is 2.51. The number of methoxy groups -OCH3 is 3. The molecule has 1 aromatic heterocycles. The van der Waals surface area contributed by atoms with Crippen LogP contribution in [-0.4, -0.2) is 36.8 Å². The van der Waals surface area contributed by atoms with Crippen LogP contribution in [0.25, 0.3) is 16.7 Å². The maximum absolute atomic E-state index is 12.7. The highest BCUT2D eigenvalue weighted by molar-refractivity contribution is 5.97. The number of nitrogens with zero attached hydrogens (tertiary/aromatic N) is 2. The monoisotopic (exact) mass is 431 g/mol. The summed E-state index contributed by atoms with van der Waals surface area (Å²) in [5.41, 5.74) is 5.17. The molecule has 0 saturated heterocycles. The number of aryl methyl sites for hydroxylation is 1. The summed E-state index contributed by atoms with van der Waals surface area (Å²) >= 11 is 0. The van der Waals surface area contributed by atoms with E-state index in [-0.39, 0.29) is 5.91 Å². The number of benzene rings is 3. The first-order valence-electron chi connectivity index (χ1n) is 10.1. The van der Waals surface area contributed by atoms with E-state index in [4.69, 9.17) is 14.2 Å². The van der Waals surface area contributed by atoms with Crippen molar-refractivity contribution < 1.29 is 19.0 Å². The largest absolute Gasteiger partial charge is 0.493 e. The zero-order valence-electron chi connectivity index (χ0n) is 18.5. The number of nitrogens with one attached hydrogen (secondary N) is 1. The van der Waals surface area contributed by atoms with E-state index < -0.39 is 0 Å². The van der Waals surface area contributed by atoms with Crippen LogP contribution in [0.4, 0.5) is 0 Å². The summed E-state index contributed by atoms with van der Waals surface area (Å²) < 4.78 is 18.2. The molecule has 0 radical (unpaired) electrons. The van der Waals surface area contributed by atoms with Gasteiger partial charge in [-0.05, 0) is 30.7 Å². The molecule has 0 spiro atoms. The average molecular weight is 431 g/mol. The van der Waals surface area contributed by atoms with E-state index in [9.17, 15) is 4.79 Å².